The molecule has 6 aliphatic rings. The van der Waals surface area contributed by atoms with Gasteiger partial charge in [0.25, 0.3) is 0 Å². The van der Waals surface area contributed by atoms with Crippen LogP contribution in [0.25, 0.3) is 0 Å². The third kappa shape index (κ3) is 3.98. The number of nitrogens with two attached hydrogens (primary N) is 1. The first-order valence-corrected chi connectivity index (χ1v) is 15.7. The molecule has 4 atom stereocenters. The zero-order chi connectivity index (χ0) is 28.6. The van der Waals surface area contributed by atoms with Gasteiger partial charge in [-0.3, -0.25) is 4.90 Å². The number of hydrogen-bond donors (Lipinski definition) is 2. The molecule has 0 amide bonds. The number of halogens is 1. The Kier molecular flexibility index (Phi) is 6.06. The number of piperazine rings is 1. The second kappa shape index (κ2) is 9.64. The molecule has 11 nitrogen and oxygen atoms in total. The molecule has 5 fully saturated rings. The minimum Gasteiger partial charge on any atom is -0.461 e. The number of nitrogen functional groups attached to an aromatic ring is 1. The van der Waals surface area contributed by atoms with E-state index in [4.69, 9.17) is 25.2 Å². The predicted octanol–water partition coefficient (Wildman–Crippen LogP) is 1.70. The van der Waals surface area contributed by atoms with E-state index in [1.54, 1.807) is 0 Å². The summed E-state index contributed by atoms with van der Waals surface area (Å²) in [4.78, 5) is 17.4. The van der Waals surface area contributed by atoms with Crippen LogP contribution in [0.5, 0.6) is 6.01 Å². The first kappa shape index (κ1) is 26.4. The zero-order valence-electron chi connectivity index (χ0n) is 23.4. The smallest absolute Gasteiger partial charge is 0.320 e. The number of morpholine rings is 1. The van der Waals surface area contributed by atoms with Crippen LogP contribution in [0.15, 0.2) is 0 Å². The molecule has 3 N–H and O–H groups in total. The van der Waals surface area contributed by atoms with E-state index < -0.39 is 6.17 Å². The summed E-state index contributed by atoms with van der Waals surface area (Å²) in [6.07, 6.45) is 3.41. The van der Waals surface area contributed by atoms with Gasteiger partial charge in [0.15, 0.2) is 11.6 Å². The zero-order valence-corrected chi connectivity index (χ0v) is 24.3. The third-order valence-electron chi connectivity index (χ3n) is 10.3. The van der Waals surface area contributed by atoms with Gasteiger partial charge in [-0.25, -0.2) is 4.39 Å². The fourth-order valence-corrected chi connectivity index (χ4v) is 9.57. The standard InChI is InChI=1S/C29H34FN9O2S/c30-17-6-29(3-1-5-39(29)9-17)16-41-27-35-25(37-10-18-12-40-13-19(11-37)34-18)21(8-32)26(36-27)38-14-28(15-38)4-2-22-23(28)20(7-31)24(33)42-22/h17-19,34H,1-6,9-16,33H2/t17-,18-,19+,29+/m1/s1. The highest BCUT2D eigenvalue weighted by Crippen LogP contribution is 2.53. The molecule has 0 saturated carbocycles. The summed E-state index contributed by atoms with van der Waals surface area (Å²) in [6, 6.07) is 5.29. The van der Waals surface area contributed by atoms with Crippen molar-refractivity contribution in [2.24, 2.45) is 0 Å². The maximum absolute atomic E-state index is 14.4. The Morgan fingerprint density at radius 3 is 2.55 bits per heavy atom. The molecule has 7 heterocycles. The number of fused-ring (bicyclic) bond motifs is 5. The number of nitriles is 2. The van der Waals surface area contributed by atoms with Crippen molar-refractivity contribution in [2.45, 2.75) is 61.3 Å². The van der Waals surface area contributed by atoms with Gasteiger partial charge >= 0.3 is 6.01 Å². The molecular weight excluding hydrogens is 557 g/mol. The Morgan fingerprint density at radius 2 is 1.81 bits per heavy atom. The lowest BCUT2D eigenvalue weighted by atomic mass is 9.74. The Bertz CT molecular complexity index is 1500. The number of hydrogen-bond acceptors (Lipinski definition) is 12. The van der Waals surface area contributed by atoms with Crippen molar-refractivity contribution in [3.8, 4) is 18.1 Å². The van der Waals surface area contributed by atoms with E-state index in [-0.39, 0.29) is 29.0 Å². The lowest BCUT2D eigenvalue weighted by Gasteiger charge is -2.50. The van der Waals surface area contributed by atoms with Gasteiger partial charge in [0.05, 0.1) is 24.3 Å². The molecule has 220 valence electrons. The van der Waals surface area contributed by atoms with Gasteiger partial charge in [-0.15, -0.1) is 11.3 Å². The number of anilines is 3. The fraction of sp³-hybridized carbons (Fsp3) is 0.655. The molecule has 13 heteroatoms. The highest BCUT2D eigenvalue weighted by molar-refractivity contribution is 7.16. The van der Waals surface area contributed by atoms with E-state index in [1.165, 1.54) is 16.2 Å². The van der Waals surface area contributed by atoms with Crippen molar-refractivity contribution in [3.05, 3.63) is 21.6 Å². The monoisotopic (exact) mass is 591 g/mol. The third-order valence-corrected chi connectivity index (χ3v) is 11.3. The van der Waals surface area contributed by atoms with Crippen LogP contribution >= 0.6 is 11.3 Å². The largest absolute Gasteiger partial charge is 0.461 e. The second-order valence-corrected chi connectivity index (χ2v) is 14.0. The number of ether oxygens (including phenoxy) is 2. The van der Waals surface area contributed by atoms with Crippen LogP contribution in [-0.2, 0) is 16.6 Å². The second-order valence-electron chi connectivity index (χ2n) is 12.9. The number of aromatic nitrogens is 2. The molecule has 2 aromatic heterocycles. The summed E-state index contributed by atoms with van der Waals surface area (Å²) < 4.78 is 26.5. The Labute approximate surface area is 248 Å². The average Bonchev–Trinajstić information content (AvgIpc) is 3.68. The number of nitrogens with one attached hydrogen (secondary N) is 1. The van der Waals surface area contributed by atoms with E-state index >= 15 is 0 Å². The van der Waals surface area contributed by atoms with Crippen LogP contribution in [0.4, 0.5) is 21.0 Å². The Balaban J connectivity index is 1.13. The quantitative estimate of drug-likeness (QED) is 0.525. The molecule has 0 aromatic carbocycles. The number of aryl methyl sites for hydroxylation is 1. The molecule has 1 spiro atoms. The SMILES string of the molecule is N#Cc1c(N2C[C@H]3COC[C@@H](C2)N3)nc(OC[C@@]23CCCN2C[C@H](F)C3)nc1N1CC2(CCc3sc(N)c(C#N)c32)C1. The van der Waals surface area contributed by atoms with E-state index in [2.05, 4.69) is 32.2 Å². The molecule has 2 bridgehead atoms. The summed E-state index contributed by atoms with van der Waals surface area (Å²) in [6.45, 7) is 5.51. The number of alkyl halides is 1. The van der Waals surface area contributed by atoms with Gasteiger partial charge in [-0.1, -0.05) is 0 Å². The number of rotatable bonds is 5. The van der Waals surface area contributed by atoms with Gasteiger partial charge < -0.3 is 30.3 Å². The first-order valence-electron chi connectivity index (χ1n) is 14.9. The summed E-state index contributed by atoms with van der Waals surface area (Å²) in [7, 11) is 0. The van der Waals surface area contributed by atoms with Crippen molar-refractivity contribution < 1.29 is 13.9 Å². The molecule has 5 aliphatic heterocycles. The van der Waals surface area contributed by atoms with Gasteiger partial charge in [-0.2, -0.15) is 20.5 Å². The van der Waals surface area contributed by atoms with Crippen LogP contribution < -0.4 is 25.6 Å². The highest BCUT2D eigenvalue weighted by Gasteiger charge is 2.53. The lowest BCUT2D eigenvalue weighted by Crippen LogP contribution is -2.63. The summed E-state index contributed by atoms with van der Waals surface area (Å²) >= 11 is 1.53. The molecule has 0 unspecified atom stereocenters. The van der Waals surface area contributed by atoms with Crippen molar-refractivity contribution in [1.82, 2.24) is 20.2 Å². The number of nitrogens with zero attached hydrogens (tertiary/aromatic N) is 7. The van der Waals surface area contributed by atoms with Crippen LogP contribution in [0.3, 0.4) is 0 Å². The summed E-state index contributed by atoms with van der Waals surface area (Å²) in [5.74, 6) is 1.14. The van der Waals surface area contributed by atoms with Crippen molar-refractivity contribution in [3.63, 3.8) is 0 Å². The predicted molar refractivity (Wildman–Crippen MR) is 155 cm³/mol. The van der Waals surface area contributed by atoms with Crippen LogP contribution in [0, 0.1) is 22.7 Å². The Hall–Kier alpha value is -3.23. The minimum atomic E-state index is -0.845. The van der Waals surface area contributed by atoms with Crippen molar-refractivity contribution in [2.75, 3.05) is 74.6 Å². The maximum Gasteiger partial charge on any atom is 0.320 e. The molecular formula is C29H34FN9O2S. The lowest BCUT2D eigenvalue weighted by molar-refractivity contribution is 0.0374. The van der Waals surface area contributed by atoms with E-state index in [9.17, 15) is 14.9 Å². The van der Waals surface area contributed by atoms with Gasteiger partial charge in [0.1, 0.15) is 35.5 Å². The maximum atomic E-state index is 14.4. The normalized spacial score (nSPS) is 31.0. The molecule has 5 saturated heterocycles. The fourth-order valence-electron chi connectivity index (χ4n) is 8.43. The topological polar surface area (TPSA) is 140 Å². The molecule has 0 radical (unpaired) electrons. The van der Waals surface area contributed by atoms with Crippen molar-refractivity contribution >= 4 is 28.0 Å². The highest BCUT2D eigenvalue weighted by atomic mass is 32.1. The van der Waals surface area contributed by atoms with Gasteiger partial charge in [-0.05, 0) is 37.8 Å². The van der Waals surface area contributed by atoms with Gasteiger partial charge in [0.2, 0.25) is 0 Å². The van der Waals surface area contributed by atoms with Crippen LogP contribution in [0.2, 0.25) is 0 Å². The minimum absolute atomic E-state index is 0.148. The summed E-state index contributed by atoms with van der Waals surface area (Å²) in [5, 5.41) is 24.5. The van der Waals surface area contributed by atoms with Crippen molar-refractivity contribution in [1.29, 1.82) is 10.5 Å². The molecule has 42 heavy (non-hydrogen) atoms. The first-order chi connectivity index (χ1) is 20.4. The molecule has 1 aliphatic carbocycles. The molecule has 8 rings (SSSR count). The van der Waals surface area contributed by atoms with Crippen LogP contribution in [-0.4, -0.2) is 97.8 Å². The average molecular weight is 592 g/mol. The number of thiophene rings is 1. The molecule has 2 aromatic rings. The summed E-state index contributed by atoms with van der Waals surface area (Å²) in [5.41, 5.74) is 7.84. The Morgan fingerprint density at radius 1 is 1.07 bits per heavy atom. The van der Waals surface area contributed by atoms with Gasteiger partial charge in [0, 0.05) is 61.5 Å². The van der Waals surface area contributed by atoms with E-state index in [1.807, 2.05) is 0 Å². The van der Waals surface area contributed by atoms with E-state index in [0.29, 0.717) is 86.7 Å². The van der Waals surface area contributed by atoms with E-state index in [0.717, 1.165) is 37.8 Å². The van der Waals surface area contributed by atoms with Crippen LogP contribution in [0.1, 0.15) is 47.3 Å².